The lowest BCUT2D eigenvalue weighted by Gasteiger charge is -2.39. The van der Waals surface area contributed by atoms with Crippen LogP contribution in [0.2, 0.25) is 0 Å². The van der Waals surface area contributed by atoms with Gasteiger partial charge in [-0.25, -0.2) is 0 Å². The van der Waals surface area contributed by atoms with E-state index in [1.807, 2.05) is 11.8 Å². The summed E-state index contributed by atoms with van der Waals surface area (Å²) >= 11 is 0. The third kappa shape index (κ3) is 4.09. The van der Waals surface area contributed by atoms with Gasteiger partial charge in [-0.1, -0.05) is 0 Å². The molecule has 0 aromatic rings. The van der Waals surface area contributed by atoms with Crippen LogP contribution in [0.1, 0.15) is 45.4 Å². The lowest BCUT2D eigenvalue weighted by molar-refractivity contribution is -0.144. The smallest absolute Gasteiger partial charge is 0.242 e. The van der Waals surface area contributed by atoms with Crippen LogP contribution in [0.5, 0.6) is 0 Å². The highest BCUT2D eigenvalue weighted by atomic mass is 35.5. The summed E-state index contributed by atoms with van der Waals surface area (Å²) in [5.74, 6) is 0.186. The maximum Gasteiger partial charge on any atom is 0.242 e. The van der Waals surface area contributed by atoms with Gasteiger partial charge in [-0.2, -0.15) is 0 Å². The first-order chi connectivity index (χ1) is 9.09. The van der Waals surface area contributed by atoms with Crippen molar-refractivity contribution in [2.45, 2.75) is 57.5 Å². The number of carbonyl (C=O) groups excluding carboxylic acids is 2. The van der Waals surface area contributed by atoms with Gasteiger partial charge in [0.1, 0.15) is 0 Å². The monoisotopic (exact) mass is 303 g/mol. The Bertz CT molecular complexity index is 349. The number of piperidine rings is 2. The fourth-order valence-electron chi connectivity index (χ4n) is 3.10. The second-order valence-electron chi connectivity index (χ2n) is 5.78. The lowest BCUT2D eigenvalue weighted by Crippen LogP contribution is -2.54. The molecular formula is C14H26ClN3O2. The van der Waals surface area contributed by atoms with Crippen molar-refractivity contribution in [1.29, 1.82) is 0 Å². The molecular weight excluding hydrogens is 278 g/mol. The normalized spacial score (nSPS) is 25.1. The molecule has 0 aliphatic carbocycles. The SMILES string of the molecule is CC(N)C1CCCCN1C(=O)CN1CCCCC1=O.Cl. The van der Waals surface area contributed by atoms with E-state index in [2.05, 4.69) is 0 Å². The third-order valence-electron chi connectivity index (χ3n) is 4.22. The molecule has 20 heavy (non-hydrogen) atoms. The lowest BCUT2D eigenvalue weighted by atomic mass is 9.97. The Balaban J connectivity index is 0.00000200. The second-order valence-corrected chi connectivity index (χ2v) is 5.78. The van der Waals surface area contributed by atoms with Crippen LogP contribution in [-0.4, -0.2) is 53.3 Å². The number of amides is 2. The Labute approximate surface area is 127 Å². The first-order valence-electron chi connectivity index (χ1n) is 7.42. The molecule has 6 heteroatoms. The summed E-state index contributed by atoms with van der Waals surface area (Å²) in [6.45, 7) is 3.71. The van der Waals surface area contributed by atoms with Crippen molar-refractivity contribution in [3.63, 3.8) is 0 Å². The molecule has 0 bridgehead atoms. The minimum Gasteiger partial charge on any atom is -0.337 e. The summed E-state index contributed by atoms with van der Waals surface area (Å²) < 4.78 is 0. The molecule has 2 amide bonds. The molecule has 2 unspecified atom stereocenters. The molecule has 2 aliphatic rings. The second kappa shape index (κ2) is 7.84. The van der Waals surface area contributed by atoms with Crippen molar-refractivity contribution in [3.05, 3.63) is 0 Å². The first kappa shape index (κ1) is 17.2. The van der Waals surface area contributed by atoms with Crippen molar-refractivity contribution < 1.29 is 9.59 Å². The molecule has 2 rings (SSSR count). The Morgan fingerprint density at radius 3 is 2.65 bits per heavy atom. The molecule has 2 saturated heterocycles. The van der Waals surface area contributed by atoms with Gasteiger partial charge in [-0.15, -0.1) is 12.4 Å². The predicted molar refractivity (Wildman–Crippen MR) is 80.7 cm³/mol. The Kier molecular flexibility index (Phi) is 6.76. The third-order valence-corrected chi connectivity index (χ3v) is 4.22. The number of hydrogen-bond donors (Lipinski definition) is 1. The number of carbonyl (C=O) groups is 2. The van der Waals surface area contributed by atoms with E-state index >= 15 is 0 Å². The van der Waals surface area contributed by atoms with Gasteiger partial charge in [0.25, 0.3) is 0 Å². The number of hydrogen-bond acceptors (Lipinski definition) is 3. The summed E-state index contributed by atoms with van der Waals surface area (Å²) in [5.41, 5.74) is 5.98. The van der Waals surface area contributed by atoms with E-state index in [9.17, 15) is 9.59 Å². The van der Waals surface area contributed by atoms with Gasteiger partial charge in [-0.3, -0.25) is 9.59 Å². The van der Waals surface area contributed by atoms with E-state index in [0.717, 1.165) is 45.2 Å². The fourth-order valence-corrected chi connectivity index (χ4v) is 3.10. The molecule has 2 N–H and O–H groups in total. The highest BCUT2D eigenvalue weighted by molar-refractivity contribution is 5.85. The zero-order valence-corrected chi connectivity index (χ0v) is 13.0. The minimum atomic E-state index is 0. The van der Waals surface area contributed by atoms with E-state index in [1.54, 1.807) is 4.90 Å². The molecule has 2 atom stereocenters. The van der Waals surface area contributed by atoms with Crippen molar-refractivity contribution in [2.24, 2.45) is 5.73 Å². The minimum absolute atomic E-state index is 0. The standard InChI is InChI=1S/C14H25N3O2.ClH/c1-11(15)12-6-2-5-9-17(12)14(19)10-16-8-4-3-7-13(16)18;/h11-12H,2-10,15H2,1H3;1H. The fraction of sp³-hybridized carbons (Fsp3) is 0.857. The van der Waals surface area contributed by atoms with Gasteiger partial charge in [-0.05, 0) is 39.0 Å². The summed E-state index contributed by atoms with van der Waals surface area (Å²) in [4.78, 5) is 27.8. The number of rotatable bonds is 3. The highest BCUT2D eigenvalue weighted by Crippen LogP contribution is 2.20. The van der Waals surface area contributed by atoms with Crippen molar-refractivity contribution in [2.75, 3.05) is 19.6 Å². The largest absolute Gasteiger partial charge is 0.337 e. The molecule has 0 aromatic carbocycles. The number of halogens is 1. The molecule has 0 saturated carbocycles. The summed E-state index contributed by atoms with van der Waals surface area (Å²) in [6, 6.07) is 0.141. The average molecular weight is 304 g/mol. The molecule has 5 nitrogen and oxygen atoms in total. The van der Waals surface area contributed by atoms with Crippen molar-refractivity contribution in [3.8, 4) is 0 Å². The van der Waals surface area contributed by atoms with Gasteiger partial charge in [0.15, 0.2) is 0 Å². The Morgan fingerprint density at radius 1 is 1.30 bits per heavy atom. The van der Waals surface area contributed by atoms with Crippen LogP contribution >= 0.6 is 12.4 Å². The predicted octanol–water partition coefficient (Wildman–Crippen LogP) is 1.15. The van der Waals surface area contributed by atoms with Crippen LogP contribution in [0.25, 0.3) is 0 Å². The van der Waals surface area contributed by atoms with Crippen molar-refractivity contribution >= 4 is 24.2 Å². The van der Waals surface area contributed by atoms with Crippen LogP contribution in [0.3, 0.4) is 0 Å². The highest BCUT2D eigenvalue weighted by Gasteiger charge is 2.31. The quantitative estimate of drug-likeness (QED) is 0.850. The summed E-state index contributed by atoms with van der Waals surface area (Å²) in [7, 11) is 0. The van der Waals surface area contributed by atoms with Gasteiger partial charge in [0, 0.05) is 31.6 Å². The number of likely N-dealkylation sites (tertiary alicyclic amines) is 2. The van der Waals surface area contributed by atoms with Crippen LogP contribution < -0.4 is 5.73 Å². The maximum absolute atomic E-state index is 12.4. The van der Waals surface area contributed by atoms with Crippen LogP contribution in [-0.2, 0) is 9.59 Å². The molecule has 2 aliphatic heterocycles. The maximum atomic E-state index is 12.4. The van der Waals surface area contributed by atoms with E-state index < -0.39 is 0 Å². The Hall–Kier alpha value is -0.810. The number of nitrogens with zero attached hydrogens (tertiary/aromatic N) is 2. The van der Waals surface area contributed by atoms with Crippen molar-refractivity contribution in [1.82, 2.24) is 9.80 Å². The van der Waals surface area contributed by atoms with Gasteiger partial charge in [0.2, 0.25) is 11.8 Å². The molecule has 116 valence electrons. The average Bonchev–Trinajstić information content (AvgIpc) is 2.41. The summed E-state index contributed by atoms with van der Waals surface area (Å²) in [5, 5.41) is 0. The molecule has 0 spiro atoms. The van der Waals surface area contributed by atoms with E-state index in [-0.39, 0.29) is 42.8 Å². The van der Waals surface area contributed by atoms with E-state index in [0.29, 0.717) is 6.42 Å². The molecule has 2 fully saturated rings. The van der Waals surface area contributed by atoms with Crippen LogP contribution in [0, 0.1) is 0 Å². The summed E-state index contributed by atoms with van der Waals surface area (Å²) in [6.07, 6.45) is 5.72. The first-order valence-corrected chi connectivity index (χ1v) is 7.42. The van der Waals surface area contributed by atoms with Gasteiger partial charge >= 0.3 is 0 Å². The van der Waals surface area contributed by atoms with Gasteiger partial charge in [0.05, 0.1) is 6.54 Å². The molecule has 0 radical (unpaired) electrons. The zero-order valence-electron chi connectivity index (χ0n) is 12.2. The Morgan fingerprint density at radius 2 is 2.00 bits per heavy atom. The van der Waals surface area contributed by atoms with E-state index in [4.69, 9.17) is 5.73 Å². The molecule has 2 heterocycles. The van der Waals surface area contributed by atoms with E-state index in [1.165, 1.54) is 0 Å². The topological polar surface area (TPSA) is 66.6 Å². The van der Waals surface area contributed by atoms with Crippen LogP contribution in [0.15, 0.2) is 0 Å². The number of nitrogens with two attached hydrogens (primary N) is 1. The van der Waals surface area contributed by atoms with Gasteiger partial charge < -0.3 is 15.5 Å². The zero-order chi connectivity index (χ0) is 13.8. The van der Waals surface area contributed by atoms with Crippen LogP contribution in [0.4, 0.5) is 0 Å². The molecule has 0 aromatic heterocycles.